The van der Waals surface area contributed by atoms with Gasteiger partial charge < -0.3 is 16.0 Å². The fraction of sp³-hybridized carbons (Fsp3) is 0.368. The molecule has 5 nitrogen and oxygen atoms in total. The van der Waals surface area contributed by atoms with Crippen molar-refractivity contribution >= 4 is 47.2 Å². The van der Waals surface area contributed by atoms with Crippen LogP contribution in [0.4, 0.5) is 0 Å². The molecule has 0 aliphatic rings. The molecule has 0 spiro atoms. The van der Waals surface area contributed by atoms with Gasteiger partial charge in [-0.2, -0.15) is 0 Å². The van der Waals surface area contributed by atoms with Crippen LogP contribution in [0, 0.1) is 13.8 Å². The minimum absolute atomic E-state index is 0. The van der Waals surface area contributed by atoms with E-state index >= 15 is 0 Å². The Morgan fingerprint density at radius 2 is 1.88 bits per heavy atom. The molecular formula is C19H27IN4OS. The minimum atomic E-state index is -0.00708. The van der Waals surface area contributed by atoms with E-state index in [1.54, 1.807) is 7.05 Å². The first-order chi connectivity index (χ1) is 12.1. The molecule has 1 heterocycles. The quantitative estimate of drug-likeness (QED) is 0.243. The number of nitrogens with zero attached hydrogens (tertiary/aromatic N) is 1. The molecule has 26 heavy (non-hydrogen) atoms. The smallest absolute Gasteiger partial charge is 0.261 e. The van der Waals surface area contributed by atoms with Crippen molar-refractivity contribution in [1.29, 1.82) is 0 Å². The van der Waals surface area contributed by atoms with Crippen molar-refractivity contribution in [1.82, 2.24) is 16.0 Å². The van der Waals surface area contributed by atoms with Gasteiger partial charge in [-0.05, 0) is 42.8 Å². The monoisotopic (exact) mass is 486 g/mol. The molecule has 0 aliphatic heterocycles. The van der Waals surface area contributed by atoms with E-state index in [-0.39, 0.29) is 29.9 Å². The summed E-state index contributed by atoms with van der Waals surface area (Å²) in [4.78, 5) is 16.8. The fourth-order valence-corrected chi connectivity index (χ4v) is 3.08. The summed E-state index contributed by atoms with van der Waals surface area (Å²) in [5.74, 6) is 0.761. The van der Waals surface area contributed by atoms with E-state index in [9.17, 15) is 4.79 Å². The Kier molecular flexibility index (Phi) is 10.3. The largest absolute Gasteiger partial charge is 0.356 e. The molecule has 0 radical (unpaired) electrons. The zero-order chi connectivity index (χ0) is 18.1. The second-order valence-corrected chi connectivity index (χ2v) is 6.82. The van der Waals surface area contributed by atoms with E-state index < -0.39 is 0 Å². The molecule has 0 unspecified atom stereocenters. The number of nitrogens with one attached hydrogen (secondary N) is 3. The maximum absolute atomic E-state index is 11.8. The third-order valence-corrected chi connectivity index (χ3v) is 4.71. The Hall–Kier alpha value is -1.61. The number of hydrogen-bond donors (Lipinski definition) is 3. The van der Waals surface area contributed by atoms with Gasteiger partial charge in [0.05, 0.1) is 4.88 Å². The lowest BCUT2D eigenvalue weighted by Crippen LogP contribution is -2.38. The Morgan fingerprint density at radius 1 is 1.12 bits per heavy atom. The van der Waals surface area contributed by atoms with Crippen LogP contribution in [0.5, 0.6) is 0 Å². The summed E-state index contributed by atoms with van der Waals surface area (Å²) in [7, 11) is 1.76. The molecule has 2 rings (SSSR count). The highest BCUT2D eigenvalue weighted by molar-refractivity contribution is 14.0. The summed E-state index contributed by atoms with van der Waals surface area (Å²) >= 11 is 1.45. The van der Waals surface area contributed by atoms with E-state index in [1.807, 2.05) is 17.5 Å². The van der Waals surface area contributed by atoms with Crippen molar-refractivity contribution < 1.29 is 4.79 Å². The van der Waals surface area contributed by atoms with Crippen LogP contribution in [0.3, 0.4) is 0 Å². The first kappa shape index (κ1) is 22.4. The molecule has 0 saturated carbocycles. The Balaban J connectivity index is 0.00000338. The van der Waals surface area contributed by atoms with Crippen molar-refractivity contribution in [2.45, 2.75) is 26.8 Å². The lowest BCUT2D eigenvalue weighted by Gasteiger charge is -2.13. The average molecular weight is 486 g/mol. The van der Waals surface area contributed by atoms with Crippen molar-refractivity contribution in [2.75, 3.05) is 20.1 Å². The molecule has 3 N–H and O–H groups in total. The number of aliphatic imine (C=N–C) groups is 1. The van der Waals surface area contributed by atoms with Gasteiger partial charge >= 0.3 is 0 Å². The summed E-state index contributed by atoms with van der Waals surface area (Å²) < 4.78 is 0. The van der Waals surface area contributed by atoms with E-state index in [1.165, 1.54) is 28.0 Å². The highest BCUT2D eigenvalue weighted by atomic mass is 127. The average Bonchev–Trinajstić information content (AvgIpc) is 3.13. The highest BCUT2D eigenvalue weighted by Crippen LogP contribution is 2.10. The number of carbonyl (C=O) groups is 1. The molecule has 0 aliphatic carbocycles. The van der Waals surface area contributed by atoms with Crippen molar-refractivity contribution in [2.24, 2.45) is 4.99 Å². The summed E-state index contributed by atoms with van der Waals surface area (Å²) in [5, 5.41) is 11.4. The molecule has 2 aromatic rings. The van der Waals surface area contributed by atoms with Gasteiger partial charge in [-0.25, -0.2) is 0 Å². The topological polar surface area (TPSA) is 65.5 Å². The summed E-state index contributed by atoms with van der Waals surface area (Å²) in [6.45, 7) is 6.34. The number of thiophene rings is 1. The number of rotatable bonds is 7. The normalized spacial score (nSPS) is 10.8. The van der Waals surface area contributed by atoms with Crippen molar-refractivity contribution in [3.8, 4) is 0 Å². The Labute approximate surface area is 176 Å². The number of carbonyl (C=O) groups excluding carboxylic acids is 1. The van der Waals surface area contributed by atoms with Gasteiger partial charge in [0, 0.05) is 26.7 Å². The molecular weight excluding hydrogens is 459 g/mol. The molecule has 0 fully saturated rings. The summed E-state index contributed by atoms with van der Waals surface area (Å²) in [5.41, 5.74) is 3.81. The molecule has 142 valence electrons. The van der Waals surface area contributed by atoms with Gasteiger partial charge in [-0.3, -0.25) is 9.79 Å². The van der Waals surface area contributed by atoms with Crippen LogP contribution >= 0.6 is 35.3 Å². The van der Waals surface area contributed by atoms with E-state index in [4.69, 9.17) is 0 Å². The number of halogens is 1. The SMILES string of the molecule is CN=C(NCCCNC(=O)c1cccs1)NCc1ccc(C)cc1C.I. The van der Waals surface area contributed by atoms with Crippen molar-refractivity contribution in [3.63, 3.8) is 0 Å². The predicted molar refractivity (Wildman–Crippen MR) is 121 cm³/mol. The van der Waals surface area contributed by atoms with Crippen molar-refractivity contribution in [3.05, 3.63) is 57.3 Å². The van der Waals surface area contributed by atoms with Gasteiger partial charge in [0.2, 0.25) is 0 Å². The molecule has 0 atom stereocenters. The number of guanidine groups is 1. The van der Waals surface area contributed by atoms with Gasteiger partial charge in [-0.15, -0.1) is 35.3 Å². The van der Waals surface area contributed by atoms with Crippen LogP contribution < -0.4 is 16.0 Å². The van der Waals surface area contributed by atoms with Crippen LogP contribution in [0.15, 0.2) is 40.7 Å². The first-order valence-electron chi connectivity index (χ1n) is 8.42. The van der Waals surface area contributed by atoms with Gasteiger partial charge in [0.15, 0.2) is 5.96 Å². The maximum Gasteiger partial charge on any atom is 0.261 e. The lowest BCUT2D eigenvalue weighted by atomic mass is 10.1. The molecule has 1 aromatic carbocycles. The molecule has 0 bridgehead atoms. The van der Waals surface area contributed by atoms with Gasteiger partial charge in [0.1, 0.15) is 0 Å². The maximum atomic E-state index is 11.8. The first-order valence-corrected chi connectivity index (χ1v) is 9.30. The second-order valence-electron chi connectivity index (χ2n) is 5.87. The molecule has 1 aromatic heterocycles. The Bertz CT molecular complexity index is 716. The van der Waals surface area contributed by atoms with Crippen LogP contribution in [-0.2, 0) is 6.54 Å². The molecule has 7 heteroatoms. The highest BCUT2D eigenvalue weighted by Gasteiger charge is 2.05. The third-order valence-electron chi connectivity index (χ3n) is 3.84. The van der Waals surface area contributed by atoms with Crippen LogP contribution in [-0.4, -0.2) is 32.0 Å². The van der Waals surface area contributed by atoms with E-state index in [0.717, 1.165) is 30.3 Å². The zero-order valence-corrected chi connectivity index (χ0v) is 18.6. The zero-order valence-electron chi connectivity index (χ0n) is 15.5. The van der Waals surface area contributed by atoms with E-state index in [2.05, 4.69) is 53.0 Å². The third kappa shape index (κ3) is 7.33. The summed E-state index contributed by atoms with van der Waals surface area (Å²) in [6.07, 6.45) is 0.835. The number of benzene rings is 1. The summed E-state index contributed by atoms with van der Waals surface area (Å²) in [6, 6.07) is 10.2. The van der Waals surface area contributed by atoms with Gasteiger partial charge in [-0.1, -0.05) is 29.8 Å². The van der Waals surface area contributed by atoms with E-state index in [0.29, 0.717) is 6.54 Å². The second kappa shape index (κ2) is 11.9. The number of amides is 1. The van der Waals surface area contributed by atoms with Crippen LogP contribution in [0.25, 0.3) is 0 Å². The lowest BCUT2D eigenvalue weighted by molar-refractivity contribution is 0.0957. The van der Waals surface area contributed by atoms with Gasteiger partial charge in [0.25, 0.3) is 5.91 Å². The fourth-order valence-electron chi connectivity index (χ4n) is 2.44. The standard InChI is InChI=1S/C19H26N4OS.HI/c1-14-7-8-16(15(2)12-14)13-23-19(20-3)22-10-5-9-21-18(24)17-6-4-11-25-17;/h4,6-8,11-12H,5,9-10,13H2,1-3H3,(H,21,24)(H2,20,22,23);1H. The molecule has 1 amide bonds. The Morgan fingerprint density at radius 3 is 2.54 bits per heavy atom. The van der Waals surface area contributed by atoms with Crippen LogP contribution in [0.2, 0.25) is 0 Å². The predicted octanol–water partition coefficient (Wildman–Crippen LogP) is 3.47. The number of hydrogen-bond acceptors (Lipinski definition) is 3. The minimum Gasteiger partial charge on any atom is -0.356 e. The number of aryl methyl sites for hydroxylation is 2. The molecule has 0 saturated heterocycles. The van der Waals surface area contributed by atoms with Crippen LogP contribution in [0.1, 0.15) is 32.8 Å².